The third kappa shape index (κ3) is 1.00. The Kier molecular flexibility index (Phi) is 1.77. The van der Waals surface area contributed by atoms with Crippen LogP contribution in [0, 0.1) is 0 Å². The van der Waals surface area contributed by atoms with Gasteiger partial charge in [-0.2, -0.15) is 0 Å². The average molecular weight is 190 g/mol. The first-order chi connectivity index (χ1) is 6.65. The molecule has 0 aliphatic carbocycles. The lowest BCUT2D eigenvalue weighted by Gasteiger charge is -2.12. The van der Waals surface area contributed by atoms with Gasteiger partial charge in [-0.25, -0.2) is 0 Å². The fourth-order valence-electron chi connectivity index (χ4n) is 1.63. The zero-order valence-corrected chi connectivity index (χ0v) is 7.78. The van der Waals surface area contributed by atoms with Crippen molar-refractivity contribution in [1.82, 2.24) is 0 Å². The molecule has 0 fully saturated rings. The van der Waals surface area contributed by atoms with Gasteiger partial charge in [0.2, 0.25) is 0 Å². The first kappa shape index (κ1) is 8.74. The molecule has 1 amide bonds. The molecule has 0 radical (unpaired) electrons. The van der Waals surface area contributed by atoms with E-state index in [4.69, 9.17) is 5.73 Å². The second kappa shape index (κ2) is 2.83. The van der Waals surface area contributed by atoms with Crippen LogP contribution in [0.5, 0.6) is 0 Å². The second-order valence-corrected chi connectivity index (χ2v) is 3.16. The lowest BCUT2D eigenvalue weighted by atomic mass is 10.1. The van der Waals surface area contributed by atoms with E-state index in [1.807, 2.05) is 6.92 Å². The van der Waals surface area contributed by atoms with Crippen LogP contribution in [0.25, 0.3) is 0 Å². The first-order valence-corrected chi connectivity index (χ1v) is 4.41. The van der Waals surface area contributed by atoms with Crippen molar-refractivity contribution in [1.29, 1.82) is 0 Å². The maximum atomic E-state index is 11.5. The predicted molar refractivity (Wildman–Crippen MR) is 53.2 cm³/mol. The highest BCUT2D eigenvalue weighted by molar-refractivity contribution is 6.52. The lowest BCUT2D eigenvalue weighted by molar-refractivity contribution is -0.114. The van der Waals surface area contributed by atoms with Crippen molar-refractivity contribution in [2.45, 2.75) is 6.92 Å². The Morgan fingerprint density at radius 3 is 2.71 bits per heavy atom. The molecule has 0 saturated heterocycles. The van der Waals surface area contributed by atoms with Gasteiger partial charge in [0.15, 0.2) is 0 Å². The molecule has 0 aromatic heterocycles. The minimum Gasteiger partial charge on any atom is -0.399 e. The number of nitrogens with zero attached hydrogens (tertiary/aromatic N) is 1. The molecule has 0 spiro atoms. The van der Waals surface area contributed by atoms with Gasteiger partial charge in [0.25, 0.3) is 11.7 Å². The third-order valence-electron chi connectivity index (χ3n) is 2.31. The Labute approximate surface area is 81.3 Å². The number of nitrogen functional groups attached to an aromatic ring is 1. The molecule has 0 atom stereocenters. The number of carbonyl (C=O) groups excluding carboxylic acids is 2. The lowest BCUT2D eigenvalue weighted by Crippen LogP contribution is -2.29. The van der Waals surface area contributed by atoms with Gasteiger partial charge in [0, 0.05) is 12.2 Å². The Balaban J connectivity index is 2.61. The average Bonchev–Trinajstić information content (AvgIpc) is 2.41. The van der Waals surface area contributed by atoms with E-state index in [-0.39, 0.29) is 0 Å². The van der Waals surface area contributed by atoms with Crippen LogP contribution in [0.15, 0.2) is 18.2 Å². The van der Waals surface area contributed by atoms with E-state index in [1.54, 1.807) is 18.2 Å². The summed E-state index contributed by atoms with van der Waals surface area (Å²) >= 11 is 0. The smallest absolute Gasteiger partial charge is 0.299 e. The van der Waals surface area contributed by atoms with Crippen LogP contribution >= 0.6 is 0 Å². The normalized spacial score (nSPS) is 14.8. The summed E-state index contributed by atoms with van der Waals surface area (Å²) in [7, 11) is 0. The fraction of sp³-hybridized carbons (Fsp3) is 0.200. The molecule has 14 heavy (non-hydrogen) atoms. The van der Waals surface area contributed by atoms with Gasteiger partial charge in [0.1, 0.15) is 0 Å². The highest BCUT2D eigenvalue weighted by atomic mass is 16.2. The van der Waals surface area contributed by atoms with E-state index in [2.05, 4.69) is 0 Å². The zero-order chi connectivity index (χ0) is 10.3. The van der Waals surface area contributed by atoms with Crippen LogP contribution in [0.3, 0.4) is 0 Å². The molecule has 72 valence electrons. The standard InChI is InChI=1S/C10H10N2O2/c1-2-12-8-4-3-6(11)5-7(8)9(13)10(12)14/h3-5H,2,11H2,1H3. The zero-order valence-electron chi connectivity index (χ0n) is 7.78. The van der Waals surface area contributed by atoms with Crippen molar-refractivity contribution < 1.29 is 9.59 Å². The van der Waals surface area contributed by atoms with Crippen molar-refractivity contribution in [2.75, 3.05) is 17.2 Å². The number of benzene rings is 1. The number of ketones is 1. The van der Waals surface area contributed by atoms with Crippen molar-refractivity contribution in [3.8, 4) is 0 Å². The second-order valence-electron chi connectivity index (χ2n) is 3.16. The van der Waals surface area contributed by atoms with Gasteiger partial charge in [-0.3, -0.25) is 9.59 Å². The van der Waals surface area contributed by atoms with Gasteiger partial charge >= 0.3 is 0 Å². The van der Waals surface area contributed by atoms with Crippen LogP contribution in [-0.4, -0.2) is 18.2 Å². The van der Waals surface area contributed by atoms with Crippen LogP contribution in [0.4, 0.5) is 11.4 Å². The fourth-order valence-corrected chi connectivity index (χ4v) is 1.63. The topological polar surface area (TPSA) is 63.4 Å². The molecule has 0 saturated carbocycles. The summed E-state index contributed by atoms with van der Waals surface area (Å²) in [6.45, 7) is 2.33. The monoisotopic (exact) mass is 190 g/mol. The SMILES string of the molecule is CCN1C(=O)C(=O)c2cc(N)ccc21. The molecule has 0 unspecified atom stereocenters. The molecule has 4 nitrogen and oxygen atoms in total. The van der Waals surface area contributed by atoms with E-state index in [1.165, 1.54) is 4.90 Å². The summed E-state index contributed by atoms with van der Waals surface area (Å²) in [6, 6.07) is 4.94. The summed E-state index contributed by atoms with van der Waals surface area (Å²) < 4.78 is 0. The molecule has 2 N–H and O–H groups in total. The van der Waals surface area contributed by atoms with Crippen molar-refractivity contribution >= 4 is 23.1 Å². The summed E-state index contributed by atoms with van der Waals surface area (Å²) in [4.78, 5) is 24.4. The van der Waals surface area contributed by atoms with E-state index < -0.39 is 11.7 Å². The first-order valence-electron chi connectivity index (χ1n) is 4.41. The van der Waals surface area contributed by atoms with Gasteiger partial charge in [-0.05, 0) is 25.1 Å². The van der Waals surface area contributed by atoms with Gasteiger partial charge in [0.05, 0.1) is 11.3 Å². The molecule has 1 aromatic rings. The molecule has 1 aliphatic heterocycles. The maximum Gasteiger partial charge on any atom is 0.299 e. The molecule has 2 rings (SSSR count). The Bertz CT molecular complexity index is 426. The number of amides is 1. The van der Waals surface area contributed by atoms with Crippen molar-refractivity contribution in [3.63, 3.8) is 0 Å². The third-order valence-corrected chi connectivity index (χ3v) is 2.31. The number of carbonyl (C=O) groups is 2. The van der Waals surface area contributed by atoms with Crippen LogP contribution in [-0.2, 0) is 4.79 Å². The van der Waals surface area contributed by atoms with Crippen LogP contribution < -0.4 is 10.6 Å². The quantitative estimate of drug-likeness (QED) is 0.526. The summed E-state index contributed by atoms with van der Waals surface area (Å²) in [6.07, 6.45) is 0. The number of fused-ring (bicyclic) bond motifs is 1. The number of hydrogen-bond donors (Lipinski definition) is 1. The molecule has 4 heteroatoms. The van der Waals surface area contributed by atoms with Crippen LogP contribution in [0.2, 0.25) is 0 Å². The largest absolute Gasteiger partial charge is 0.399 e. The van der Waals surface area contributed by atoms with Crippen molar-refractivity contribution in [2.24, 2.45) is 0 Å². The molecule has 0 bridgehead atoms. The van der Waals surface area contributed by atoms with Crippen molar-refractivity contribution in [3.05, 3.63) is 23.8 Å². The van der Waals surface area contributed by atoms with Gasteiger partial charge < -0.3 is 10.6 Å². The van der Waals surface area contributed by atoms with E-state index >= 15 is 0 Å². The molecule has 1 aromatic carbocycles. The van der Waals surface area contributed by atoms with Gasteiger partial charge in [-0.15, -0.1) is 0 Å². The Hall–Kier alpha value is -1.84. The number of likely N-dealkylation sites (N-methyl/N-ethyl adjacent to an activating group) is 1. The molecule has 1 heterocycles. The number of rotatable bonds is 1. The number of hydrogen-bond acceptors (Lipinski definition) is 3. The summed E-state index contributed by atoms with van der Waals surface area (Å²) in [5, 5.41) is 0. The van der Waals surface area contributed by atoms with E-state index in [0.29, 0.717) is 23.5 Å². The maximum absolute atomic E-state index is 11.5. The van der Waals surface area contributed by atoms with E-state index in [9.17, 15) is 9.59 Å². The Morgan fingerprint density at radius 2 is 2.07 bits per heavy atom. The highest BCUT2D eigenvalue weighted by Gasteiger charge is 2.34. The summed E-state index contributed by atoms with van der Waals surface area (Å²) in [5.41, 5.74) is 7.12. The molecular weight excluding hydrogens is 180 g/mol. The number of anilines is 2. The summed E-state index contributed by atoms with van der Waals surface area (Å²) in [5.74, 6) is -0.928. The minimum atomic E-state index is -0.465. The number of Topliss-reactive ketones (excluding diaryl/α,β-unsaturated/α-hetero) is 1. The number of nitrogens with two attached hydrogens (primary N) is 1. The molecular formula is C10H10N2O2. The predicted octanol–water partition coefficient (Wildman–Crippen LogP) is 0.818. The highest BCUT2D eigenvalue weighted by Crippen LogP contribution is 2.29. The minimum absolute atomic E-state index is 0.414. The molecule has 1 aliphatic rings. The van der Waals surface area contributed by atoms with Gasteiger partial charge in [-0.1, -0.05) is 0 Å². The van der Waals surface area contributed by atoms with Crippen LogP contribution in [0.1, 0.15) is 17.3 Å². The van der Waals surface area contributed by atoms with E-state index in [0.717, 1.165) is 0 Å². The Morgan fingerprint density at radius 1 is 1.36 bits per heavy atom.